The SMILES string of the molecule is CNC(=O)NC(c1cccc2ccccc12)C(C)C. The number of carbonyl (C=O) groups is 1. The summed E-state index contributed by atoms with van der Waals surface area (Å²) in [6.45, 7) is 4.23. The highest BCUT2D eigenvalue weighted by molar-refractivity contribution is 5.86. The van der Waals surface area contributed by atoms with Crippen LogP contribution in [0.2, 0.25) is 0 Å². The highest BCUT2D eigenvalue weighted by Crippen LogP contribution is 2.28. The van der Waals surface area contributed by atoms with Crippen LogP contribution in [0.4, 0.5) is 4.79 Å². The minimum Gasteiger partial charge on any atom is -0.341 e. The number of hydrogen-bond acceptors (Lipinski definition) is 1. The molecule has 0 saturated heterocycles. The Morgan fingerprint density at radius 1 is 1.05 bits per heavy atom. The lowest BCUT2D eigenvalue weighted by Crippen LogP contribution is -2.37. The van der Waals surface area contributed by atoms with Crippen molar-refractivity contribution < 1.29 is 4.79 Å². The number of urea groups is 1. The predicted octanol–water partition coefficient (Wildman–Crippen LogP) is 3.47. The molecule has 1 unspecified atom stereocenters. The Morgan fingerprint density at radius 3 is 2.42 bits per heavy atom. The zero-order chi connectivity index (χ0) is 13.8. The second-order valence-electron chi connectivity index (χ2n) is 5.01. The van der Waals surface area contributed by atoms with Crippen molar-refractivity contribution in [1.82, 2.24) is 10.6 Å². The van der Waals surface area contributed by atoms with Crippen molar-refractivity contribution in [3.8, 4) is 0 Å². The number of nitrogens with one attached hydrogen (secondary N) is 2. The van der Waals surface area contributed by atoms with Gasteiger partial charge in [-0.05, 0) is 22.3 Å². The Morgan fingerprint density at radius 2 is 1.74 bits per heavy atom. The first-order chi connectivity index (χ1) is 9.13. The Bertz CT molecular complexity index is 572. The second kappa shape index (κ2) is 5.74. The minimum absolute atomic E-state index is 0.00560. The van der Waals surface area contributed by atoms with Gasteiger partial charge in [0.2, 0.25) is 0 Å². The van der Waals surface area contributed by atoms with Gasteiger partial charge in [0.05, 0.1) is 6.04 Å². The van der Waals surface area contributed by atoms with Crippen molar-refractivity contribution in [1.29, 1.82) is 0 Å². The smallest absolute Gasteiger partial charge is 0.315 e. The van der Waals surface area contributed by atoms with Crippen molar-refractivity contribution in [3.63, 3.8) is 0 Å². The van der Waals surface area contributed by atoms with Crippen LogP contribution in [0.25, 0.3) is 10.8 Å². The molecule has 0 aromatic heterocycles. The largest absolute Gasteiger partial charge is 0.341 e. The first-order valence-electron chi connectivity index (χ1n) is 6.59. The van der Waals surface area contributed by atoms with E-state index in [0.29, 0.717) is 5.92 Å². The lowest BCUT2D eigenvalue weighted by atomic mass is 9.92. The summed E-state index contributed by atoms with van der Waals surface area (Å²) < 4.78 is 0. The van der Waals surface area contributed by atoms with Crippen LogP contribution in [0.3, 0.4) is 0 Å². The third-order valence-electron chi connectivity index (χ3n) is 3.34. The summed E-state index contributed by atoms with van der Waals surface area (Å²) in [6, 6.07) is 14.3. The maximum Gasteiger partial charge on any atom is 0.315 e. The highest BCUT2D eigenvalue weighted by Gasteiger charge is 2.19. The van der Waals surface area contributed by atoms with Crippen molar-refractivity contribution >= 4 is 16.8 Å². The molecule has 2 rings (SSSR count). The fourth-order valence-electron chi connectivity index (χ4n) is 2.34. The van der Waals surface area contributed by atoms with E-state index in [1.807, 2.05) is 18.2 Å². The number of rotatable bonds is 3. The number of hydrogen-bond donors (Lipinski definition) is 2. The summed E-state index contributed by atoms with van der Waals surface area (Å²) in [6.07, 6.45) is 0. The van der Waals surface area contributed by atoms with Gasteiger partial charge in [-0.25, -0.2) is 4.79 Å². The Labute approximate surface area is 114 Å². The Kier molecular flexibility index (Phi) is 4.05. The van der Waals surface area contributed by atoms with Gasteiger partial charge in [-0.1, -0.05) is 56.3 Å². The molecule has 0 spiro atoms. The molecule has 3 nitrogen and oxygen atoms in total. The fourth-order valence-corrected chi connectivity index (χ4v) is 2.34. The molecule has 0 aliphatic rings. The molecule has 0 radical (unpaired) electrons. The van der Waals surface area contributed by atoms with Crippen LogP contribution in [-0.4, -0.2) is 13.1 Å². The first-order valence-corrected chi connectivity index (χ1v) is 6.59. The van der Waals surface area contributed by atoms with E-state index in [4.69, 9.17) is 0 Å². The first kappa shape index (κ1) is 13.4. The molecule has 2 aromatic rings. The van der Waals surface area contributed by atoms with Gasteiger partial charge in [0.25, 0.3) is 0 Å². The van der Waals surface area contributed by atoms with Crippen LogP contribution in [-0.2, 0) is 0 Å². The Hall–Kier alpha value is -2.03. The maximum absolute atomic E-state index is 11.6. The molecule has 0 heterocycles. The molecule has 100 valence electrons. The summed E-state index contributed by atoms with van der Waals surface area (Å²) in [5.41, 5.74) is 1.16. The molecule has 3 heteroatoms. The summed E-state index contributed by atoms with van der Waals surface area (Å²) in [5.74, 6) is 0.322. The number of fused-ring (bicyclic) bond motifs is 1. The normalized spacial score (nSPS) is 12.4. The quantitative estimate of drug-likeness (QED) is 0.867. The van der Waals surface area contributed by atoms with E-state index in [2.05, 4.69) is 48.7 Å². The topological polar surface area (TPSA) is 41.1 Å². The van der Waals surface area contributed by atoms with Crippen LogP contribution < -0.4 is 10.6 Å². The number of benzene rings is 2. The van der Waals surface area contributed by atoms with Gasteiger partial charge >= 0.3 is 6.03 Å². The van der Waals surface area contributed by atoms with E-state index in [9.17, 15) is 4.79 Å². The highest BCUT2D eigenvalue weighted by atomic mass is 16.2. The van der Waals surface area contributed by atoms with Crippen LogP contribution >= 0.6 is 0 Å². The molecule has 2 N–H and O–H groups in total. The van der Waals surface area contributed by atoms with E-state index in [0.717, 1.165) is 5.56 Å². The summed E-state index contributed by atoms with van der Waals surface area (Å²) >= 11 is 0. The average molecular weight is 256 g/mol. The molecule has 0 fully saturated rings. The van der Waals surface area contributed by atoms with Crippen LogP contribution in [0.5, 0.6) is 0 Å². The van der Waals surface area contributed by atoms with Crippen LogP contribution in [0, 0.1) is 5.92 Å². The zero-order valence-electron chi connectivity index (χ0n) is 11.6. The molecule has 1 atom stereocenters. The van der Waals surface area contributed by atoms with Gasteiger partial charge in [-0.15, -0.1) is 0 Å². The summed E-state index contributed by atoms with van der Waals surface area (Å²) in [5, 5.41) is 8.04. The molecule has 0 aliphatic carbocycles. The molecule has 2 amide bonds. The van der Waals surface area contributed by atoms with E-state index in [1.165, 1.54) is 10.8 Å². The number of amides is 2. The summed E-state index contributed by atoms with van der Waals surface area (Å²) in [7, 11) is 1.63. The van der Waals surface area contributed by atoms with Gasteiger partial charge in [-0.3, -0.25) is 0 Å². The fraction of sp³-hybridized carbons (Fsp3) is 0.312. The molecule has 0 saturated carbocycles. The molecule has 2 aromatic carbocycles. The lowest BCUT2D eigenvalue weighted by Gasteiger charge is -2.24. The number of carbonyl (C=O) groups excluding carboxylic acids is 1. The average Bonchev–Trinajstić information content (AvgIpc) is 2.43. The van der Waals surface area contributed by atoms with Crippen LogP contribution in [0.1, 0.15) is 25.5 Å². The molecule has 0 aliphatic heterocycles. The monoisotopic (exact) mass is 256 g/mol. The predicted molar refractivity (Wildman–Crippen MR) is 79.1 cm³/mol. The lowest BCUT2D eigenvalue weighted by molar-refractivity contribution is 0.235. The Balaban J connectivity index is 2.47. The maximum atomic E-state index is 11.6. The standard InChI is InChI=1S/C16H20N2O/c1-11(2)15(18-16(19)17-3)14-10-6-8-12-7-4-5-9-13(12)14/h4-11,15H,1-3H3,(H2,17,18,19). The van der Waals surface area contributed by atoms with Crippen LogP contribution in [0.15, 0.2) is 42.5 Å². The van der Waals surface area contributed by atoms with Crippen molar-refractivity contribution in [3.05, 3.63) is 48.0 Å². The van der Waals surface area contributed by atoms with Gasteiger partial charge in [0, 0.05) is 7.05 Å². The molecular formula is C16H20N2O. The van der Waals surface area contributed by atoms with Crippen molar-refractivity contribution in [2.45, 2.75) is 19.9 Å². The van der Waals surface area contributed by atoms with E-state index >= 15 is 0 Å². The molecule has 0 bridgehead atoms. The second-order valence-corrected chi connectivity index (χ2v) is 5.01. The third kappa shape index (κ3) is 2.87. The van der Waals surface area contributed by atoms with E-state index in [1.54, 1.807) is 7.05 Å². The summed E-state index contributed by atoms with van der Waals surface area (Å²) in [4.78, 5) is 11.6. The van der Waals surface area contributed by atoms with Gasteiger partial charge in [0.15, 0.2) is 0 Å². The van der Waals surface area contributed by atoms with Crippen molar-refractivity contribution in [2.75, 3.05) is 7.05 Å². The van der Waals surface area contributed by atoms with Gasteiger partial charge in [0.1, 0.15) is 0 Å². The molecular weight excluding hydrogens is 236 g/mol. The van der Waals surface area contributed by atoms with E-state index < -0.39 is 0 Å². The minimum atomic E-state index is -0.147. The zero-order valence-corrected chi connectivity index (χ0v) is 11.6. The molecule has 19 heavy (non-hydrogen) atoms. The third-order valence-corrected chi connectivity index (χ3v) is 3.34. The van der Waals surface area contributed by atoms with Crippen molar-refractivity contribution in [2.24, 2.45) is 5.92 Å². The van der Waals surface area contributed by atoms with E-state index in [-0.39, 0.29) is 12.1 Å². The van der Waals surface area contributed by atoms with Gasteiger partial charge < -0.3 is 10.6 Å². The van der Waals surface area contributed by atoms with Gasteiger partial charge in [-0.2, -0.15) is 0 Å².